The molecular weight excluding hydrogens is 220 g/mol. The zero-order valence-corrected chi connectivity index (χ0v) is 10.1. The Bertz CT molecular complexity index is 393. The molecule has 0 saturated carbocycles. The molecule has 0 spiro atoms. The van der Waals surface area contributed by atoms with Crippen LogP contribution in [0.3, 0.4) is 0 Å². The quantitative estimate of drug-likeness (QED) is 0.657. The standard InChI is InChI=1S/C12H18N2O3/c1-8(7-15)6-14-12(16)9-4-3-5-10(13)11(9)17-2/h3-5,8,15H,6-7,13H2,1-2H3,(H,14,16). The Balaban J connectivity index is 2.78. The van der Waals surface area contributed by atoms with Crippen molar-refractivity contribution in [1.29, 1.82) is 0 Å². The number of amides is 1. The van der Waals surface area contributed by atoms with Gasteiger partial charge in [-0.15, -0.1) is 0 Å². The van der Waals surface area contributed by atoms with Crippen molar-refractivity contribution in [3.8, 4) is 5.75 Å². The third-order valence-electron chi connectivity index (χ3n) is 2.42. The van der Waals surface area contributed by atoms with Crippen LogP contribution in [-0.2, 0) is 0 Å². The molecule has 0 aliphatic heterocycles. The Morgan fingerprint density at radius 2 is 2.29 bits per heavy atom. The number of para-hydroxylation sites is 1. The van der Waals surface area contributed by atoms with Gasteiger partial charge in [-0.1, -0.05) is 13.0 Å². The fraction of sp³-hybridized carbons (Fsp3) is 0.417. The molecule has 0 fully saturated rings. The summed E-state index contributed by atoms with van der Waals surface area (Å²) in [5.41, 5.74) is 6.53. The van der Waals surface area contributed by atoms with E-state index in [-0.39, 0.29) is 18.4 Å². The molecule has 1 atom stereocenters. The highest BCUT2D eigenvalue weighted by Gasteiger charge is 2.14. The van der Waals surface area contributed by atoms with Gasteiger partial charge < -0.3 is 20.9 Å². The lowest BCUT2D eigenvalue weighted by Gasteiger charge is -2.13. The highest BCUT2D eigenvalue weighted by Crippen LogP contribution is 2.25. The number of rotatable bonds is 5. The van der Waals surface area contributed by atoms with Crippen LogP contribution in [0.1, 0.15) is 17.3 Å². The molecule has 0 aliphatic carbocycles. The number of nitrogen functional groups attached to an aromatic ring is 1. The number of methoxy groups -OCH3 is 1. The maximum atomic E-state index is 11.9. The molecule has 17 heavy (non-hydrogen) atoms. The van der Waals surface area contributed by atoms with Crippen molar-refractivity contribution in [2.45, 2.75) is 6.92 Å². The number of benzene rings is 1. The van der Waals surface area contributed by atoms with E-state index >= 15 is 0 Å². The predicted octanol–water partition coefficient (Wildman–Crippen LogP) is 0.636. The van der Waals surface area contributed by atoms with Gasteiger partial charge in [-0.2, -0.15) is 0 Å². The summed E-state index contributed by atoms with van der Waals surface area (Å²) in [6, 6.07) is 5.02. The first-order valence-corrected chi connectivity index (χ1v) is 5.41. The fourth-order valence-corrected chi connectivity index (χ4v) is 1.39. The molecule has 94 valence electrons. The molecule has 5 nitrogen and oxygen atoms in total. The summed E-state index contributed by atoms with van der Waals surface area (Å²) < 4.78 is 5.10. The molecule has 1 rings (SSSR count). The van der Waals surface area contributed by atoms with Crippen LogP contribution in [0.2, 0.25) is 0 Å². The Labute approximate surface area is 101 Å². The number of carbonyl (C=O) groups is 1. The van der Waals surface area contributed by atoms with Crippen LogP contribution >= 0.6 is 0 Å². The molecule has 1 unspecified atom stereocenters. The predicted molar refractivity (Wildman–Crippen MR) is 66.0 cm³/mol. The van der Waals surface area contributed by atoms with Crippen LogP contribution in [0.25, 0.3) is 0 Å². The lowest BCUT2D eigenvalue weighted by Crippen LogP contribution is -2.29. The topological polar surface area (TPSA) is 84.6 Å². The smallest absolute Gasteiger partial charge is 0.255 e. The minimum Gasteiger partial charge on any atom is -0.494 e. The number of nitrogens with one attached hydrogen (secondary N) is 1. The third-order valence-corrected chi connectivity index (χ3v) is 2.42. The first-order chi connectivity index (χ1) is 8.10. The van der Waals surface area contributed by atoms with Crippen LogP contribution in [0, 0.1) is 5.92 Å². The number of ether oxygens (including phenoxy) is 1. The zero-order valence-electron chi connectivity index (χ0n) is 10.1. The lowest BCUT2D eigenvalue weighted by atomic mass is 10.1. The van der Waals surface area contributed by atoms with Gasteiger partial charge >= 0.3 is 0 Å². The van der Waals surface area contributed by atoms with Crippen LogP contribution < -0.4 is 15.8 Å². The molecule has 0 saturated heterocycles. The zero-order chi connectivity index (χ0) is 12.8. The third kappa shape index (κ3) is 3.35. The summed E-state index contributed by atoms with van der Waals surface area (Å²) in [5, 5.41) is 11.6. The molecule has 1 aromatic carbocycles. The van der Waals surface area contributed by atoms with Gasteiger partial charge in [-0.3, -0.25) is 4.79 Å². The molecule has 0 aromatic heterocycles. The summed E-state index contributed by atoms with van der Waals surface area (Å²) >= 11 is 0. The molecule has 0 aliphatic rings. The maximum absolute atomic E-state index is 11.9. The van der Waals surface area contributed by atoms with Gasteiger partial charge in [0, 0.05) is 13.2 Å². The van der Waals surface area contributed by atoms with Gasteiger partial charge in [0.2, 0.25) is 0 Å². The second kappa shape index (κ2) is 6.10. The van der Waals surface area contributed by atoms with Crippen molar-refractivity contribution < 1.29 is 14.6 Å². The summed E-state index contributed by atoms with van der Waals surface area (Å²) in [5.74, 6) is 0.141. The second-order valence-corrected chi connectivity index (χ2v) is 3.93. The van der Waals surface area contributed by atoms with Crippen molar-refractivity contribution in [2.24, 2.45) is 5.92 Å². The number of hydrogen-bond acceptors (Lipinski definition) is 4. The number of aliphatic hydroxyl groups is 1. The van der Waals surface area contributed by atoms with Crippen LogP contribution in [-0.4, -0.2) is 31.3 Å². The van der Waals surface area contributed by atoms with Gasteiger partial charge in [0.15, 0.2) is 5.75 Å². The molecule has 0 heterocycles. The van der Waals surface area contributed by atoms with Crippen molar-refractivity contribution in [3.05, 3.63) is 23.8 Å². The average molecular weight is 238 g/mol. The first kappa shape index (κ1) is 13.3. The number of nitrogens with two attached hydrogens (primary N) is 1. The number of hydrogen-bond donors (Lipinski definition) is 3. The SMILES string of the molecule is COc1c(N)cccc1C(=O)NCC(C)CO. The van der Waals surface area contributed by atoms with Crippen molar-refractivity contribution in [2.75, 3.05) is 26.0 Å². The molecule has 4 N–H and O–H groups in total. The Hall–Kier alpha value is -1.75. The van der Waals surface area contributed by atoms with E-state index < -0.39 is 0 Å². The monoisotopic (exact) mass is 238 g/mol. The van der Waals surface area contributed by atoms with E-state index in [1.54, 1.807) is 18.2 Å². The average Bonchev–Trinajstić information content (AvgIpc) is 2.35. The normalized spacial score (nSPS) is 11.9. The van der Waals surface area contributed by atoms with Crippen molar-refractivity contribution in [1.82, 2.24) is 5.32 Å². The summed E-state index contributed by atoms with van der Waals surface area (Å²) in [6.07, 6.45) is 0. The lowest BCUT2D eigenvalue weighted by molar-refractivity contribution is 0.0939. The van der Waals surface area contributed by atoms with E-state index in [0.29, 0.717) is 23.5 Å². The highest BCUT2D eigenvalue weighted by atomic mass is 16.5. The Morgan fingerprint density at radius 3 is 2.88 bits per heavy atom. The number of anilines is 1. The number of aliphatic hydroxyl groups excluding tert-OH is 1. The van der Waals surface area contributed by atoms with Gasteiger partial charge in [0.05, 0.1) is 18.4 Å². The molecule has 1 amide bonds. The van der Waals surface area contributed by atoms with Crippen LogP contribution in [0.15, 0.2) is 18.2 Å². The van der Waals surface area contributed by atoms with Crippen LogP contribution in [0.5, 0.6) is 5.75 Å². The van der Waals surface area contributed by atoms with E-state index in [2.05, 4.69) is 5.32 Å². The van der Waals surface area contributed by atoms with E-state index in [4.69, 9.17) is 15.6 Å². The van der Waals surface area contributed by atoms with E-state index in [1.807, 2.05) is 6.92 Å². The largest absolute Gasteiger partial charge is 0.494 e. The van der Waals surface area contributed by atoms with E-state index in [1.165, 1.54) is 7.11 Å². The Morgan fingerprint density at radius 1 is 1.59 bits per heavy atom. The summed E-state index contributed by atoms with van der Waals surface area (Å²) in [4.78, 5) is 11.9. The highest BCUT2D eigenvalue weighted by molar-refractivity contribution is 5.98. The molecule has 1 aromatic rings. The number of carbonyl (C=O) groups excluding carboxylic acids is 1. The molecule has 5 heteroatoms. The van der Waals surface area contributed by atoms with Gasteiger partial charge in [-0.25, -0.2) is 0 Å². The van der Waals surface area contributed by atoms with Crippen molar-refractivity contribution >= 4 is 11.6 Å². The summed E-state index contributed by atoms with van der Waals surface area (Å²) in [7, 11) is 1.47. The molecule has 0 radical (unpaired) electrons. The minimum atomic E-state index is -0.255. The summed E-state index contributed by atoms with van der Waals surface area (Å²) in [6.45, 7) is 2.29. The van der Waals surface area contributed by atoms with Gasteiger partial charge in [0.25, 0.3) is 5.91 Å². The minimum absolute atomic E-state index is 0.0194. The van der Waals surface area contributed by atoms with Gasteiger partial charge in [-0.05, 0) is 18.1 Å². The molecule has 0 bridgehead atoms. The fourth-order valence-electron chi connectivity index (χ4n) is 1.39. The van der Waals surface area contributed by atoms with E-state index in [9.17, 15) is 4.79 Å². The van der Waals surface area contributed by atoms with Crippen LogP contribution in [0.4, 0.5) is 5.69 Å². The maximum Gasteiger partial charge on any atom is 0.255 e. The van der Waals surface area contributed by atoms with E-state index in [0.717, 1.165) is 0 Å². The second-order valence-electron chi connectivity index (χ2n) is 3.93. The Kier molecular flexibility index (Phi) is 4.78. The molecular formula is C12H18N2O3. The van der Waals surface area contributed by atoms with Gasteiger partial charge in [0.1, 0.15) is 0 Å². The van der Waals surface area contributed by atoms with Crippen molar-refractivity contribution in [3.63, 3.8) is 0 Å². The first-order valence-electron chi connectivity index (χ1n) is 5.41.